The fourth-order valence-corrected chi connectivity index (χ4v) is 11.1. The summed E-state index contributed by atoms with van der Waals surface area (Å²) in [5.41, 5.74) is 0. The Bertz CT molecular complexity index is 1130. The van der Waals surface area contributed by atoms with E-state index >= 15 is 0 Å². The van der Waals surface area contributed by atoms with Crippen molar-refractivity contribution < 1.29 is 24.5 Å². The van der Waals surface area contributed by atoms with Gasteiger partial charge in [0.05, 0.1) is 25.4 Å². The Labute approximate surface area is 469 Å². The van der Waals surface area contributed by atoms with E-state index in [1.165, 1.54) is 327 Å². The molecule has 0 saturated carbocycles. The summed E-state index contributed by atoms with van der Waals surface area (Å²) in [6.07, 6.45) is 80.0. The third kappa shape index (κ3) is 61.7. The maximum Gasteiger partial charge on any atom is 0.305 e. The number of aliphatic hydroxyl groups is 2. The summed E-state index contributed by atoms with van der Waals surface area (Å²) in [5, 5.41) is 23.2. The number of carbonyl (C=O) groups excluding carboxylic acids is 2. The summed E-state index contributed by atoms with van der Waals surface area (Å²) in [7, 11) is 0. The van der Waals surface area contributed by atoms with E-state index in [1.807, 2.05) is 6.08 Å². The molecule has 0 aliphatic rings. The van der Waals surface area contributed by atoms with Crippen LogP contribution in [-0.2, 0) is 14.3 Å². The molecule has 0 aliphatic carbocycles. The van der Waals surface area contributed by atoms with Crippen molar-refractivity contribution in [2.24, 2.45) is 0 Å². The van der Waals surface area contributed by atoms with Crippen molar-refractivity contribution in [1.29, 1.82) is 0 Å². The monoisotopic (exact) mass is 1060 g/mol. The van der Waals surface area contributed by atoms with Crippen molar-refractivity contribution in [2.75, 3.05) is 13.2 Å². The molecule has 2 unspecified atom stereocenters. The molecule has 446 valence electrons. The second kappa shape index (κ2) is 65.1. The van der Waals surface area contributed by atoms with Gasteiger partial charge in [-0.05, 0) is 32.1 Å². The first-order valence-corrected chi connectivity index (χ1v) is 34.5. The van der Waals surface area contributed by atoms with E-state index in [-0.39, 0.29) is 18.5 Å². The van der Waals surface area contributed by atoms with Crippen molar-refractivity contribution in [3.05, 3.63) is 12.2 Å². The van der Waals surface area contributed by atoms with E-state index in [0.717, 1.165) is 38.5 Å². The van der Waals surface area contributed by atoms with Gasteiger partial charge < -0.3 is 20.3 Å². The summed E-state index contributed by atoms with van der Waals surface area (Å²) < 4.78 is 5.50. The van der Waals surface area contributed by atoms with E-state index in [9.17, 15) is 19.8 Å². The van der Waals surface area contributed by atoms with Crippen LogP contribution in [0.25, 0.3) is 0 Å². The van der Waals surface area contributed by atoms with Crippen molar-refractivity contribution in [3.63, 3.8) is 0 Å². The maximum absolute atomic E-state index is 12.5. The van der Waals surface area contributed by atoms with E-state index in [2.05, 4.69) is 19.2 Å². The zero-order chi connectivity index (χ0) is 54.3. The van der Waals surface area contributed by atoms with Crippen molar-refractivity contribution in [3.8, 4) is 0 Å². The molecule has 0 fully saturated rings. The molecule has 0 aromatic carbocycles. The number of hydrogen-bond acceptors (Lipinski definition) is 5. The van der Waals surface area contributed by atoms with E-state index in [1.54, 1.807) is 6.08 Å². The predicted octanol–water partition coefficient (Wildman–Crippen LogP) is 22.0. The largest absolute Gasteiger partial charge is 0.466 e. The minimum absolute atomic E-state index is 0.0222. The molecule has 75 heavy (non-hydrogen) atoms. The van der Waals surface area contributed by atoms with Gasteiger partial charge in [0.25, 0.3) is 0 Å². The fourth-order valence-electron chi connectivity index (χ4n) is 11.1. The number of ether oxygens (including phenoxy) is 1. The van der Waals surface area contributed by atoms with Crippen molar-refractivity contribution in [2.45, 2.75) is 405 Å². The molecule has 1 amide bonds. The lowest BCUT2D eigenvalue weighted by Crippen LogP contribution is -2.45. The van der Waals surface area contributed by atoms with Crippen LogP contribution < -0.4 is 5.32 Å². The van der Waals surface area contributed by atoms with Gasteiger partial charge in [-0.2, -0.15) is 0 Å². The average Bonchev–Trinajstić information content (AvgIpc) is 3.41. The van der Waals surface area contributed by atoms with Crippen LogP contribution in [0.5, 0.6) is 0 Å². The summed E-state index contributed by atoms with van der Waals surface area (Å²) in [6, 6.07) is -0.624. The molecule has 0 spiro atoms. The van der Waals surface area contributed by atoms with Crippen LogP contribution in [0.2, 0.25) is 0 Å². The average molecular weight is 1060 g/mol. The van der Waals surface area contributed by atoms with Gasteiger partial charge in [-0.3, -0.25) is 9.59 Å². The smallest absolute Gasteiger partial charge is 0.305 e. The quantitative estimate of drug-likeness (QED) is 0.0320. The maximum atomic E-state index is 12.5. The number of unbranched alkanes of at least 4 members (excludes halogenated alkanes) is 54. The van der Waals surface area contributed by atoms with E-state index < -0.39 is 12.1 Å². The Hall–Kier alpha value is -1.40. The summed E-state index contributed by atoms with van der Waals surface area (Å²) in [6.45, 7) is 4.94. The second-order valence-corrected chi connectivity index (χ2v) is 23.9. The third-order valence-electron chi connectivity index (χ3n) is 16.3. The Kier molecular flexibility index (Phi) is 63.9. The number of esters is 1. The third-order valence-corrected chi connectivity index (χ3v) is 16.3. The van der Waals surface area contributed by atoms with Crippen LogP contribution in [0.3, 0.4) is 0 Å². The standard InChI is InChI=1S/C69H135NO5/c1-3-5-7-9-11-13-15-17-34-37-41-45-49-53-57-61-67(72)66(65-71)70-68(73)62-58-54-50-46-42-38-35-32-30-28-26-24-22-20-19-21-23-25-27-29-31-33-36-40-44-48-52-56-60-64-75-69(74)63-59-55-51-47-43-39-18-16-14-12-10-8-6-4-2/h57,61,66-67,71-72H,3-56,58-60,62-65H2,1-2H3,(H,70,73)/b61-57+. The number of rotatable bonds is 65. The normalized spacial score (nSPS) is 12.5. The van der Waals surface area contributed by atoms with Gasteiger partial charge in [0.2, 0.25) is 5.91 Å². The minimum Gasteiger partial charge on any atom is -0.466 e. The number of amides is 1. The summed E-state index contributed by atoms with van der Waals surface area (Å²) >= 11 is 0. The van der Waals surface area contributed by atoms with Gasteiger partial charge in [-0.25, -0.2) is 0 Å². The predicted molar refractivity (Wildman–Crippen MR) is 329 cm³/mol. The Balaban J connectivity index is 3.34. The zero-order valence-corrected chi connectivity index (χ0v) is 51.1. The van der Waals surface area contributed by atoms with Crippen molar-refractivity contribution in [1.82, 2.24) is 5.32 Å². The van der Waals surface area contributed by atoms with Crippen LogP contribution in [-0.4, -0.2) is 47.4 Å². The highest BCUT2D eigenvalue weighted by molar-refractivity contribution is 5.76. The van der Waals surface area contributed by atoms with Gasteiger partial charge in [-0.1, -0.05) is 360 Å². The highest BCUT2D eigenvalue weighted by Gasteiger charge is 2.18. The minimum atomic E-state index is -0.841. The van der Waals surface area contributed by atoms with Gasteiger partial charge >= 0.3 is 5.97 Å². The molecule has 0 heterocycles. The van der Waals surface area contributed by atoms with Gasteiger partial charge in [0.15, 0.2) is 0 Å². The number of nitrogens with one attached hydrogen (secondary N) is 1. The lowest BCUT2D eigenvalue weighted by molar-refractivity contribution is -0.143. The molecule has 0 radical (unpaired) electrons. The molecular formula is C69H135NO5. The van der Waals surface area contributed by atoms with E-state index in [0.29, 0.717) is 19.4 Å². The number of hydrogen-bond donors (Lipinski definition) is 3. The summed E-state index contributed by atoms with van der Waals surface area (Å²) in [4.78, 5) is 24.5. The summed E-state index contributed by atoms with van der Waals surface area (Å²) in [5.74, 6) is -0.0394. The van der Waals surface area contributed by atoms with Crippen LogP contribution >= 0.6 is 0 Å². The number of allylic oxidation sites excluding steroid dienone is 1. The lowest BCUT2D eigenvalue weighted by atomic mass is 10.0. The highest BCUT2D eigenvalue weighted by atomic mass is 16.5. The molecule has 0 rings (SSSR count). The first-order valence-electron chi connectivity index (χ1n) is 34.5. The number of aliphatic hydroxyl groups excluding tert-OH is 2. The SMILES string of the molecule is CCCCCCCCCCCCCCC/C=C/C(O)C(CO)NC(=O)CCCCCCCCCCCCCCCCCCCCCCCCCCCCCCCOC(=O)CCCCCCCCCCCCCCCC. The van der Waals surface area contributed by atoms with E-state index in [4.69, 9.17) is 4.74 Å². The zero-order valence-electron chi connectivity index (χ0n) is 51.1. The topological polar surface area (TPSA) is 95.9 Å². The van der Waals surface area contributed by atoms with Gasteiger partial charge in [-0.15, -0.1) is 0 Å². The Morgan fingerprint density at radius 3 is 0.907 bits per heavy atom. The van der Waals surface area contributed by atoms with Gasteiger partial charge in [0, 0.05) is 12.8 Å². The molecule has 6 heteroatoms. The van der Waals surface area contributed by atoms with Crippen molar-refractivity contribution >= 4 is 11.9 Å². The van der Waals surface area contributed by atoms with Crippen LogP contribution in [0, 0.1) is 0 Å². The lowest BCUT2D eigenvalue weighted by Gasteiger charge is -2.20. The highest BCUT2D eigenvalue weighted by Crippen LogP contribution is 2.19. The van der Waals surface area contributed by atoms with Crippen LogP contribution in [0.1, 0.15) is 393 Å². The molecule has 0 bridgehead atoms. The Morgan fingerprint density at radius 2 is 0.613 bits per heavy atom. The molecular weight excluding hydrogens is 923 g/mol. The molecule has 3 N–H and O–H groups in total. The molecule has 0 aliphatic heterocycles. The van der Waals surface area contributed by atoms with Crippen LogP contribution in [0.15, 0.2) is 12.2 Å². The van der Waals surface area contributed by atoms with Gasteiger partial charge in [0.1, 0.15) is 0 Å². The molecule has 2 atom stereocenters. The fraction of sp³-hybridized carbons (Fsp3) is 0.942. The molecule has 0 aromatic heterocycles. The number of carbonyl (C=O) groups is 2. The Morgan fingerprint density at radius 1 is 0.360 bits per heavy atom. The van der Waals surface area contributed by atoms with Crippen LogP contribution in [0.4, 0.5) is 0 Å². The molecule has 6 nitrogen and oxygen atoms in total. The molecule has 0 saturated heterocycles. The first kappa shape index (κ1) is 73.6. The second-order valence-electron chi connectivity index (χ2n) is 23.9. The first-order chi connectivity index (χ1) is 37.0. The molecule has 0 aromatic rings.